The van der Waals surface area contributed by atoms with Gasteiger partial charge in [-0.25, -0.2) is 9.67 Å². The number of anilines is 1. The highest BCUT2D eigenvalue weighted by Crippen LogP contribution is 2.18. The molecule has 10 heteroatoms. The number of carbonyl (C=O) groups excluding carboxylic acids is 1. The van der Waals surface area contributed by atoms with E-state index >= 15 is 0 Å². The molecule has 3 rings (SSSR count). The van der Waals surface area contributed by atoms with E-state index in [9.17, 15) is 4.79 Å². The van der Waals surface area contributed by atoms with Crippen LogP contribution in [0.4, 0.5) is 5.82 Å². The lowest BCUT2D eigenvalue weighted by molar-refractivity contribution is -0.113. The Morgan fingerprint density at radius 2 is 2.43 bits per heavy atom. The van der Waals surface area contributed by atoms with Gasteiger partial charge in [-0.05, 0) is 35.4 Å². The molecule has 0 aliphatic carbocycles. The summed E-state index contributed by atoms with van der Waals surface area (Å²) in [5, 5.41) is 15.4. The van der Waals surface area contributed by atoms with Gasteiger partial charge < -0.3 is 10.1 Å². The number of rotatable bonds is 6. The number of carbonyl (C=O) groups is 1. The van der Waals surface area contributed by atoms with E-state index in [1.165, 1.54) is 18.0 Å². The predicted molar refractivity (Wildman–Crippen MR) is 85.4 cm³/mol. The molecule has 0 aromatic carbocycles. The Hall–Kier alpha value is -1.71. The number of amides is 1. The van der Waals surface area contributed by atoms with Gasteiger partial charge in [-0.2, -0.15) is 0 Å². The highest BCUT2D eigenvalue weighted by Gasteiger charge is 2.19. The van der Waals surface area contributed by atoms with Crippen molar-refractivity contribution in [1.29, 1.82) is 0 Å². The number of nitrogens with zero attached hydrogens (tertiary/aromatic N) is 5. The van der Waals surface area contributed by atoms with Crippen molar-refractivity contribution in [3.05, 3.63) is 23.4 Å². The van der Waals surface area contributed by atoms with Crippen molar-refractivity contribution in [3.8, 4) is 0 Å². The van der Waals surface area contributed by atoms with Crippen LogP contribution in [0.3, 0.4) is 0 Å². The molecule has 1 aliphatic rings. The molecule has 0 radical (unpaired) electrons. The number of nitrogens with one attached hydrogen (secondary N) is 1. The monoisotopic (exact) mass is 354 g/mol. The first kappa shape index (κ1) is 16.2. The lowest BCUT2D eigenvalue weighted by Gasteiger charge is -2.09. The molecule has 122 valence electrons. The normalized spacial score (nSPS) is 17.3. The van der Waals surface area contributed by atoms with Crippen molar-refractivity contribution < 1.29 is 9.53 Å². The average Bonchev–Trinajstić information content (AvgIpc) is 3.20. The molecule has 1 amide bonds. The molecule has 0 bridgehead atoms. The minimum atomic E-state index is -0.184. The van der Waals surface area contributed by atoms with Crippen molar-refractivity contribution in [2.45, 2.75) is 30.6 Å². The first-order chi connectivity index (χ1) is 11.2. The lowest BCUT2D eigenvalue weighted by atomic mass is 10.2. The van der Waals surface area contributed by atoms with Crippen LogP contribution < -0.4 is 5.32 Å². The molecule has 2 aromatic rings. The van der Waals surface area contributed by atoms with E-state index in [0.717, 1.165) is 19.4 Å². The van der Waals surface area contributed by atoms with E-state index in [1.807, 2.05) is 0 Å². The van der Waals surface area contributed by atoms with Crippen LogP contribution in [-0.4, -0.2) is 49.6 Å². The number of thioether (sulfide) groups is 1. The first-order valence-corrected chi connectivity index (χ1v) is 8.49. The molecule has 0 saturated carbocycles. The van der Waals surface area contributed by atoms with Gasteiger partial charge in [0.1, 0.15) is 5.82 Å². The molecule has 2 aromatic heterocycles. The summed E-state index contributed by atoms with van der Waals surface area (Å²) in [6.07, 6.45) is 3.69. The minimum Gasteiger partial charge on any atom is -0.376 e. The van der Waals surface area contributed by atoms with Gasteiger partial charge in [0.2, 0.25) is 11.1 Å². The summed E-state index contributed by atoms with van der Waals surface area (Å²) >= 11 is 7.02. The van der Waals surface area contributed by atoms with Gasteiger partial charge in [-0.3, -0.25) is 4.79 Å². The molecule has 1 saturated heterocycles. The maximum Gasteiger partial charge on any atom is 0.236 e. The van der Waals surface area contributed by atoms with Crippen molar-refractivity contribution >= 4 is 35.1 Å². The summed E-state index contributed by atoms with van der Waals surface area (Å²) in [4.78, 5) is 16.0. The smallest absolute Gasteiger partial charge is 0.236 e. The lowest BCUT2D eigenvalue weighted by Crippen LogP contribution is -2.18. The SMILES string of the molecule is O=C(CSc1nnnn1CC1CCCO1)Nc1ccc(Cl)cn1. The molecular formula is C13H15ClN6O2S. The Morgan fingerprint density at radius 3 is 3.17 bits per heavy atom. The van der Waals surface area contributed by atoms with Crippen LogP contribution in [0.2, 0.25) is 5.02 Å². The van der Waals surface area contributed by atoms with Gasteiger partial charge in [0, 0.05) is 12.8 Å². The zero-order chi connectivity index (χ0) is 16.1. The number of pyridine rings is 1. The summed E-state index contributed by atoms with van der Waals surface area (Å²) in [6, 6.07) is 3.31. The summed E-state index contributed by atoms with van der Waals surface area (Å²) in [5.41, 5.74) is 0. The van der Waals surface area contributed by atoms with E-state index in [-0.39, 0.29) is 17.8 Å². The minimum absolute atomic E-state index is 0.143. The van der Waals surface area contributed by atoms with Crippen LogP contribution in [0.15, 0.2) is 23.5 Å². The second-order valence-corrected chi connectivity index (χ2v) is 6.36. The van der Waals surface area contributed by atoms with Gasteiger partial charge >= 0.3 is 0 Å². The molecule has 1 fully saturated rings. The van der Waals surface area contributed by atoms with Gasteiger partial charge in [0.15, 0.2) is 0 Å². The third kappa shape index (κ3) is 4.63. The molecule has 1 atom stereocenters. The number of halogens is 1. The molecule has 1 aliphatic heterocycles. The van der Waals surface area contributed by atoms with E-state index in [0.29, 0.717) is 22.5 Å². The molecule has 8 nitrogen and oxygen atoms in total. The van der Waals surface area contributed by atoms with E-state index < -0.39 is 0 Å². The molecule has 23 heavy (non-hydrogen) atoms. The number of hydrogen-bond acceptors (Lipinski definition) is 7. The van der Waals surface area contributed by atoms with Crippen molar-refractivity contribution in [1.82, 2.24) is 25.2 Å². The van der Waals surface area contributed by atoms with Crippen LogP contribution >= 0.6 is 23.4 Å². The second-order valence-electron chi connectivity index (χ2n) is 4.98. The Bertz CT molecular complexity index is 659. The number of tetrazole rings is 1. The third-order valence-corrected chi connectivity index (χ3v) is 4.41. The Morgan fingerprint density at radius 1 is 1.52 bits per heavy atom. The zero-order valence-corrected chi connectivity index (χ0v) is 13.8. The van der Waals surface area contributed by atoms with Crippen LogP contribution in [0, 0.1) is 0 Å². The topological polar surface area (TPSA) is 94.8 Å². The highest BCUT2D eigenvalue weighted by atomic mass is 35.5. The highest BCUT2D eigenvalue weighted by molar-refractivity contribution is 7.99. The average molecular weight is 355 g/mol. The maximum absolute atomic E-state index is 11.9. The van der Waals surface area contributed by atoms with Gasteiger partial charge in [-0.1, -0.05) is 23.4 Å². The van der Waals surface area contributed by atoms with E-state index in [2.05, 4.69) is 25.8 Å². The molecular weight excluding hydrogens is 340 g/mol. The fourth-order valence-corrected chi connectivity index (χ4v) is 2.95. The summed E-state index contributed by atoms with van der Waals surface area (Å²) in [7, 11) is 0. The fourth-order valence-electron chi connectivity index (χ4n) is 2.15. The van der Waals surface area contributed by atoms with Gasteiger partial charge in [0.25, 0.3) is 0 Å². The largest absolute Gasteiger partial charge is 0.376 e. The van der Waals surface area contributed by atoms with Gasteiger partial charge in [-0.15, -0.1) is 5.10 Å². The Kier molecular flexibility index (Phi) is 5.42. The van der Waals surface area contributed by atoms with Gasteiger partial charge in [0.05, 0.1) is 23.4 Å². The Labute approximate surface area is 141 Å². The first-order valence-electron chi connectivity index (χ1n) is 7.12. The molecule has 1 unspecified atom stereocenters. The second kappa shape index (κ2) is 7.71. The van der Waals surface area contributed by atoms with Crippen LogP contribution in [-0.2, 0) is 16.1 Å². The van der Waals surface area contributed by atoms with Crippen LogP contribution in [0.25, 0.3) is 0 Å². The predicted octanol–water partition coefficient (Wildman–Crippen LogP) is 1.63. The van der Waals surface area contributed by atoms with E-state index in [1.54, 1.807) is 16.8 Å². The summed E-state index contributed by atoms with van der Waals surface area (Å²) in [5.74, 6) is 0.464. The van der Waals surface area contributed by atoms with Crippen molar-refractivity contribution in [2.24, 2.45) is 0 Å². The van der Waals surface area contributed by atoms with Crippen molar-refractivity contribution in [2.75, 3.05) is 17.7 Å². The standard InChI is InChI=1S/C13H15ClN6O2S/c14-9-3-4-11(15-6-9)16-12(21)8-23-13-17-18-19-20(13)7-10-2-1-5-22-10/h3-4,6,10H,1-2,5,7-8H2,(H,15,16,21). The third-order valence-electron chi connectivity index (χ3n) is 3.23. The van der Waals surface area contributed by atoms with Crippen LogP contribution in [0.1, 0.15) is 12.8 Å². The van der Waals surface area contributed by atoms with Crippen molar-refractivity contribution in [3.63, 3.8) is 0 Å². The summed E-state index contributed by atoms with van der Waals surface area (Å²) < 4.78 is 7.25. The molecule has 1 N–H and O–H groups in total. The Balaban J connectivity index is 1.50. The molecule has 0 spiro atoms. The van der Waals surface area contributed by atoms with E-state index in [4.69, 9.17) is 16.3 Å². The zero-order valence-electron chi connectivity index (χ0n) is 12.2. The number of ether oxygens (including phenoxy) is 1. The quantitative estimate of drug-likeness (QED) is 0.788. The maximum atomic E-state index is 11.9. The van der Waals surface area contributed by atoms with Crippen LogP contribution in [0.5, 0.6) is 0 Å². The molecule has 3 heterocycles. The summed E-state index contributed by atoms with van der Waals surface area (Å²) in [6.45, 7) is 1.39. The fraction of sp³-hybridized carbons (Fsp3) is 0.462. The number of hydrogen-bond donors (Lipinski definition) is 1. The number of aromatic nitrogens is 5.